The topological polar surface area (TPSA) is 89.1 Å². The number of carbonyl (C=O) groups excluding carboxylic acids is 2. The number of carboxylic acid groups (broad SMARTS) is 2. The van der Waals surface area contributed by atoms with Crippen molar-refractivity contribution in [2.75, 3.05) is 39.3 Å². The molecule has 23 heavy (non-hydrogen) atoms. The molecular weight excluding hydrogens is 296 g/mol. The predicted molar refractivity (Wildman–Crippen MR) is 88.9 cm³/mol. The Hall–Kier alpha value is -1.40. The maximum atomic E-state index is 9.76. The Morgan fingerprint density at radius 2 is 1.00 bits per heavy atom. The Kier molecular flexibility index (Phi) is 21.5. The third-order valence-electron chi connectivity index (χ3n) is 3.66. The van der Waals surface area contributed by atoms with E-state index < -0.39 is 11.9 Å². The molecule has 0 aromatic rings. The fourth-order valence-corrected chi connectivity index (χ4v) is 1.74. The normalized spacial score (nSPS) is 10.6. The van der Waals surface area contributed by atoms with Crippen LogP contribution in [0.3, 0.4) is 0 Å². The summed E-state index contributed by atoms with van der Waals surface area (Å²) in [5.74, 6) is -3.03. The van der Waals surface area contributed by atoms with Crippen molar-refractivity contribution in [3.8, 4) is 0 Å². The van der Waals surface area contributed by atoms with Crippen molar-refractivity contribution in [1.82, 2.24) is 0 Å². The molecule has 0 fully saturated rings. The van der Waals surface area contributed by atoms with Gasteiger partial charge in [-0.25, -0.2) is 0 Å². The van der Waals surface area contributed by atoms with Crippen molar-refractivity contribution in [2.45, 2.75) is 48.5 Å². The molecule has 0 radical (unpaired) electrons. The highest BCUT2D eigenvalue weighted by Crippen LogP contribution is 1.86. The summed E-state index contributed by atoms with van der Waals surface area (Å²) in [6.07, 6.45) is 0.468. The van der Waals surface area contributed by atoms with E-state index in [4.69, 9.17) is 0 Å². The van der Waals surface area contributed by atoms with Gasteiger partial charge in [-0.1, -0.05) is 0 Å². The van der Waals surface area contributed by atoms with E-state index in [2.05, 4.69) is 41.5 Å². The van der Waals surface area contributed by atoms with Crippen molar-refractivity contribution >= 4 is 11.9 Å². The van der Waals surface area contributed by atoms with E-state index in [0.29, 0.717) is 6.08 Å². The number of rotatable bonds is 8. The van der Waals surface area contributed by atoms with Crippen molar-refractivity contribution in [1.29, 1.82) is 0 Å². The molecule has 2 N–H and O–H groups in total. The van der Waals surface area contributed by atoms with Gasteiger partial charge in [-0.2, -0.15) is 0 Å². The van der Waals surface area contributed by atoms with Gasteiger partial charge in [-0.05, 0) is 60.1 Å². The second kappa shape index (κ2) is 18.6. The molecule has 6 nitrogen and oxygen atoms in total. The molecule has 0 aromatic heterocycles. The summed E-state index contributed by atoms with van der Waals surface area (Å²) < 4.78 is 0. The smallest absolute Gasteiger partial charge is 0.0742 e. The standard InChI is InChI=1S/2C6H15N.C5H6O4/c2*1-4-7(5-2)6-3;1-3(5(8)9)2-4(6)7/h2*4-6H2,1-3H3;2H,1H3,(H,6,7)(H,8,9)/b;;3-2+. The summed E-state index contributed by atoms with van der Waals surface area (Å²) >= 11 is 0. The van der Waals surface area contributed by atoms with Crippen LogP contribution < -0.4 is 20.0 Å². The van der Waals surface area contributed by atoms with E-state index in [1.807, 2.05) is 0 Å². The molecule has 0 aliphatic carbocycles. The summed E-state index contributed by atoms with van der Waals surface area (Å²) in [4.78, 5) is 22.8. The van der Waals surface area contributed by atoms with Crippen molar-refractivity contribution in [3.05, 3.63) is 11.6 Å². The minimum absolute atomic E-state index is 0.352. The first-order chi connectivity index (χ1) is 10.7. The summed E-state index contributed by atoms with van der Waals surface area (Å²) in [5, 5.41) is 19.4. The highest BCUT2D eigenvalue weighted by Gasteiger charge is 1.93. The van der Waals surface area contributed by atoms with Gasteiger partial charge >= 0.3 is 0 Å². The zero-order valence-electron chi connectivity index (χ0n) is 16.0. The van der Waals surface area contributed by atoms with E-state index in [1.54, 1.807) is 9.80 Å². The third-order valence-corrected chi connectivity index (χ3v) is 3.66. The molecule has 0 heterocycles. The second-order valence-corrected chi connectivity index (χ2v) is 5.06. The van der Waals surface area contributed by atoms with E-state index >= 15 is 0 Å². The van der Waals surface area contributed by atoms with Crippen molar-refractivity contribution in [3.63, 3.8) is 0 Å². The Morgan fingerprint density at radius 3 is 1.04 bits per heavy atom. The molecule has 0 spiro atoms. The lowest BCUT2D eigenvalue weighted by Crippen LogP contribution is -3.11. The Morgan fingerprint density at radius 1 is 0.739 bits per heavy atom. The largest absolute Gasteiger partial charge is 0.545 e. The highest BCUT2D eigenvalue weighted by molar-refractivity contribution is 5.92. The van der Waals surface area contributed by atoms with E-state index in [0.717, 1.165) is 6.92 Å². The van der Waals surface area contributed by atoms with Gasteiger partial charge in [-0.15, -0.1) is 0 Å². The minimum atomic E-state index is -1.53. The number of hydrogen-bond acceptors (Lipinski definition) is 4. The molecule has 0 unspecified atom stereocenters. The Labute approximate surface area is 141 Å². The molecule has 0 saturated carbocycles. The quantitative estimate of drug-likeness (QED) is 0.473. The van der Waals surface area contributed by atoms with Crippen LogP contribution in [0.2, 0.25) is 0 Å². The van der Waals surface area contributed by atoms with Gasteiger partial charge in [-0.3, -0.25) is 0 Å². The molecule has 0 aromatic carbocycles. The van der Waals surface area contributed by atoms with E-state index in [-0.39, 0.29) is 5.57 Å². The number of quaternary nitrogens is 2. The number of aliphatic carboxylic acids is 2. The lowest BCUT2D eigenvalue weighted by Gasteiger charge is -2.10. The summed E-state index contributed by atoms with van der Waals surface area (Å²) in [5.41, 5.74) is -0.352. The maximum Gasteiger partial charge on any atom is 0.0742 e. The number of carbonyl (C=O) groups is 2. The van der Waals surface area contributed by atoms with Gasteiger partial charge in [0.1, 0.15) is 0 Å². The summed E-state index contributed by atoms with van der Waals surface area (Å²) in [6, 6.07) is 0. The lowest BCUT2D eigenvalue weighted by molar-refractivity contribution is -0.894. The monoisotopic (exact) mass is 332 g/mol. The first kappa shape index (κ1) is 26.5. The van der Waals surface area contributed by atoms with Gasteiger partial charge < -0.3 is 29.6 Å². The molecular formula is C17H36N2O4. The van der Waals surface area contributed by atoms with Gasteiger partial charge in [0.2, 0.25) is 0 Å². The van der Waals surface area contributed by atoms with Gasteiger partial charge in [0.05, 0.1) is 51.2 Å². The van der Waals surface area contributed by atoms with Crippen LogP contribution in [-0.2, 0) is 9.59 Å². The highest BCUT2D eigenvalue weighted by atomic mass is 16.4. The van der Waals surface area contributed by atoms with Crippen LogP contribution in [0.15, 0.2) is 11.6 Å². The molecule has 0 amide bonds. The van der Waals surface area contributed by atoms with Gasteiger partial charge in [0.25, 0.3) is 0 Å². The van der Waals surface area contributed by atoms with Crippen molar-refractivity contribution in [2.24, 2.45) is 0 Å². The summed E-state index contributed by atoms with van der Waals surface area (Å²) in [7, 11) is 0. The van der Waals surface area contributed by atoms with Gasteiger partial charge in [0.15, 0.2) is 0 Å². The zero-order chi connectivity index (χ0) is 18.8. The van der Waals surface area contributed by atoms with E-state index in [1.165, 1.54) is 39.3 Å². The van der Waals surface area contributed by atoms with Crippen LogP contribution in [0, 0.1) is 0 Å². The average Bonchev–Trinajstić information content (AvgIpc) is 2.51. The fourth-order valence-electron chi connectivity index (χ4n) is 1.74. The molecule has 0 bridgehead atoms. The Bertz CT molecular complexity index is 300. The maximum absolute atomic E-state index is 9.76. The van der Waals surface area contributed by atoms with Crippen LogP contribution in [0.25, 0.3) is 0 Å². The molecule has 0 atom stereocenters. The van der Waals surface area contributed by atoms with Crippen LogP contribution in [0.5, 0.6) is 0 Å². The number of hydrogen-bond donors (Lipinski definition) is 2. The predicted octanol–water partition coefficient (Wildman–Crippen LogP) is -2.71. The average molecular weight is 332 g/mol. The van der Waals surface area contributed by atoms with Crippen LogP contribution in [-0.4, -0.2) is 51.2 Å². The molecule has 6 heteroatoms. The van der Waals surface area contributed by atoms with Crippen molar-refractivity contribution < 1.29 is 29.6 Å². The number of nitrogens with one attached hydrogen (secondary N) is 2. The minimum Gasteiger partial charge on any atom is -0.545 e. The van der Waals surface area contributed by atoms with Crippen LogP contribution in [0.4, 0.5) is 0 Å². The fraction of sp³-hybridized carbons (Fsp3) is 0.765. The molecule has 0 aliphatic rings. The molecule has 0 rings (SSSR count). The molecule has 0 saturated heterocycles. The molecule has 138 valence electrons. The second-order valence-electron chi connectivity index (χ2n) is 5.06. The summed E-state index contributed by atoms with van der Waals surface area (Å²) in [6.45, 7) is 22.1. The lowest BCUT2D eigenvalue weighted by atomic mass is 10.3. The van der Waals surface area contributed by atoms with E-state index in [9.17, 15) is 19.8 Å². The Balaban J connectivity index is -0.000000264. The SMILES string of the molecule is C/C(=C\C(=O)[O-])C(=O)[O-].CC[NH+](CC)CC.CC[NH+](CC)CC. The first-order valence-electron chi connectivity index (χ1n) is 8.51. The molecule has 0 aliphatic heterocycles. The zero-order valence-corrected chi connectivity index (χ0v) is 16.0. The number of carboxylic acids is 2. The third kappa shape index (κ3) is 20.6. The first-order valence-corrected chi connectivity index (χ1v) is 8.51. The van der Waals surface area contributed by atoms with Crippen LogP contribution in [0.1, 0.15) is 48.5 Å². The van der Waals surface area contributed by atoms with Crippen LogP contribution >= 0.6 is 0 Å². The van der Waals surface area contributed by atoms with Gasteiger partial charge in [0, 0.05) is 0 Å².